The number of thiophene rings is 1. The van der Waals surface area contributed by atoms with Crippen molar-refractivity contribution in [3.63, 3.8) is 0 Å². The molecular weight excluding hydrogens is 282 g/mol. The Morgan fingerprint density at radius 2 is 1.95 bits per heavy atom. The Morgan fingerprint density at radius 3 is 2.76 bits per heavy atom. The molecule has 0 unspecified atom stereocenters. The summed E-state index contributed by atoms with van der Waals surface area (Å²) in [6, 6.07) is 3.94. The molecule has 0 fully saturated rings. The molecule has 1 aliphatic carbocycles. The van der Waals surface area contributed by atoms with Gasteiger partial charge in [-0.3, -0.25) is 0 Å². The first-order valence-corrected chi connectivity index (χ1v) is 8.24. The maximum atomic E-state index is 9.91. The van der Waals surface area contributed by atoms with Gasteiger partial charge in [-0.2, -0.15) is 0 Å². The average Bonchev–Trinajstić information content (AvgIpc) is 2.75. The highest BCUT2D eigenvalue weighted by Gasteiger charge is 2.37. The lowest BCUT2D eigenvalue weighted by Crippen LogP contribution is -2.42. The zero-order valence-corrected chi connectivity index (χ0v) is 13.0. The highest BCUT2D eigenvalue weighted by molar-refractivity contribution is 7.12. The monoisotopic (exact) mass is 301 g/mol. The summed E-state index contributed by atoms with van der Waals surface area (Å²) < 4.78 is 0. The third-order valence-electron chi connectivity index (χ3n) is 5.06. The smallest absolute Gasteiger partial charge is 0.157 e. The van der Waals surface area contributed by atoms with Crippen molar-refractivity contribution in [1.82, 2.24) is 5.32 Å². The molecule has 3 N–H and O–H groups in total. The Kier molecular flexibility index (Phi) is 2.81. The summed E-state index contributed by atoms with van der Waals surface area (Å²) in [6.45, 7) is 5.34. The molecule has 0 amide bonds. The van der Waals surface area contributed by atoms with Crippen LogP contribution in [0, 0.1) is 13.8 Å². The molecule has 0 radical (unpaired) electrons. The van der Waals surface area contributed by atoms with E-state index in [1.165, 1.54) is 32.0 Å². The number of nitrogens with one attached hydrogen (secondary N) is 1. The van der Waals surface area contributed by atoms with Gasteiger partial charge in [-0.05, 0) is 61.1 Å². The fourth-order valence-corrected chi connectivity index (χ4v) is 5.16. The number of fused-ring (bicyclic) bond motifs is 5. The molecule has 1 aromatic carbocycles. The number of phenols is 2. The van der Waals surface area contributed by atoms with Gasteiger partial charge in [0.05, 0.1) is 0 Å². The van der Waals surface area contributed by atoms with E-state index in [4.69, 9.17) is 0 Å². The van der Waals surface area contributed by atoms with Crippen LogP contribution in [0.5, 0.6) is 11.5 Å². The van der Waals surface area contributed by atoms with Crippen LogP contribution in [0.15, 0.2) is 12.1 Å². The molecular formula is C17H19NO2S. The number of rotatable bonds is 0. The van der Waals surface area contributed by atoms with Gasteiger partial charge in [0, 0.05) is 28.3 Å². The molecule has 21 heavy (non-hydrogen) atoms. The van der Waals surface area contributed by atoms with Crippen molar-refractivity contribution in [2.45, 2.75) is 45.2 Å². The van der Waals surface area contributed by atoms with Crippen LogP contribution in [0.1, 0.15) is 44.3 Å². The fourth-order valence-electron chi connectivity index (χ4n) is 3.78. The molecule has 4 rings (SSSR count). The van der Waals surface area contributed by atoms with Crippen LogP contribution < -0.4 is 5.32 Å². The maximum Gasteiger partial charge on any atom is 0.157 e. The third-order valence-corrected chi connectivity index (χ3v) is 6.40. The standard InChI is InChI=1S/C17H19NO2S/c1-8-9(2)21-17-12(8)7-18-13-4-3-10-5-14(19)15(20)6-11(10)16(13)17/h5-6,13,16,18-20H,3-4,7H2,1-2H3/t13-,16-/m1/s1. The largest absolute Gasteiger partial charge is 0.504 e. The van der Waals surface area contributed by atoms with Gasteiger partial charge in [0.15, 0.2) is 11.5 Å². The molecule has 2 heterocycles. The number of phenolic OH excluding ortho intramolecular Hbond substituents is 2. The first-order chi connectivity index (χ1) is 10.1. The second-order valence-corrected chi connectivity index (χ2v) is 7.43. The van der Waals surface area contributed by atoms with Crippen molar-refractivity contribution in [1.29, 1.82) is 0 Å². The summed E-state index contributed by atoms with van der Waals surface area (Å²) in [4.78, 5) is 2.83. The highest BCUT2D eigenvalue weighted by atomic mass is 32.1. The molecule has 3 nitrogen and oxygen atoms in total. The van der Waals surface area contributed by atoms with Gasteiger partial charge in [-0.1, -0.05) is 0 Å². The second-order valence-electron chi connectivity index (χ2n) is 6.17. The predicted octanol–water partition coefficient (Wildman–Crippen LogP) is 3.33. The van der Waals surface area contributed by atoms with E-state index in [1.807, 2.05) is 11.3 Å². The molecule has 0 saturated heterocycles. The van der Waals surface area contributed by atoms with Gasteiger partial charge in [-0.25, -0.2) is 0 Å². The first-order valence-electron chi connectivity index (χ1n) is 7.43. The van der Waals surface area contributed by atoms with E-state index in [0.29, 0.717) is 12.0 Å². The van der Waals surface area contributed by atoms with E-state index >= 15 is 0 Å². The van der Waals surface area contributed by atoms with Crippen molar-refractivity contribution < 1.29 is 10.2 Å². The SMILES string of the molecule is Cc1sc2c(c1C)CN[C@@H]1CCc3cc(O)c(O)cc3[C@@H]21. The van der Waals surface area contributed by atoms with Gasteiger partial charge < -0.3 is 15.5 Å². The number of aryl methyl sites for hydroxylation is 2. The van der Waals surface area contributed by atoms with Crippen molar-refractivity contribution in [2.75, 3.05) is 0 Å². The van der Waals surface area contributed by atoms with Crippen molar-refractivity contribution >= 4 is 11.3 Å². The zero-order valence-electron chi connectivity index (χ0n) is 12.2. The Hall–Kier alpha value is -1.52. The van der Waals surface area contributed by atoms with Crippen LogP contribution >= 0.6 is 11.3 Å². The topological polar surface area (TPSA) is 52.5 Å². The van der Waals surface area contributed by atoms with E-state index in [0.717, 1.165) is 19.4 Å². The average molecular weight is 301 g/mol. The van der Waals surface area contributed by atoms with Crippen molar-refractivity contribution in [3.8, 4) is 11.5 Å². The highest BCUT2D eigenvalue weighted by Crippen LogP contribution is 2.47. The Bertz CT molecular complexity index is 735. The summed E-state index contributed by atoms with van der Waals surface area (Å²) >= 11 is 1.89. The summed E-state index contributed by atoms with van der Waals surface area (Å²) in [6.07, 6.45) is 2.04. The van der Waals surface area contributed by atoms with Crippen LogP contribution in [0.4, 0.5) is 0 Å². The van der Waals surface area contributed by atoms with E-state index in [-0.39, 0.29) is 11.5 Å². The van der Waals surface area contributed by atoms with Crippen LogP contribution in [0.25, 0.3) is 0 Å². The predicted molar refractivity (Wildman–Crippen MR) is 84.4 cm³/mol. The van der Waals surface area contributed by atoms with Gasteiger partial charge in [0.25, 0.3) is 0 Å². The number of aromatic hydroxyl groups is 2. The molecule has 110 valence electrons. The minimum atomic E-state index is -0.00785. The molecule has 1 aliphatic heterocycles. The van der Waals surface area contributed by atoms with E-state index in [2.05, 4.69) is 19.2 Å². The molecule has 0 bridgehead atoms. The van der Waals surface area contributed by atoms with E-state index in [9.17, 15) is 10.2 Å². The van der Waals surface area contributed by atoms with E-state index in [1.54, 1.807) is 12.1 Å². The Morgan fingerprint density at radius 1 is 1.19 bits per heavy atom. The fraction of sp³-hybridized carbons (Fsp3) is 0.412. The first kappa shape index (κ1) is 13.2. The summed E-state index contributed by atoms with van der Waals surface area (Å²) in [5, 5.41) is 23.3. The van der Waals surface area contributed by atoms with Crippen molar-refractivity contribution in [3.05, 3.63) is 44.1 Å². The van der Waals surface area contributed by atoms with Crippen LogP contribution in [0.2, 0.25) is 0 Å². The molecule has 2 atom stereocenters. The van der Waals surface area contributed by atoms with Crippen LogP contribution in [-0.2, 0) is 13.0 Å². The second kappa shape index (κ2) is 4.49. The van der Waals surface area contributed by atoms with Gasteiger partial charge in [0.1, 0.15) is 0 Å². The number of hydrogen-bond acceptors (Lipinski definition) is 4. The van der Waals surface area contributed by atoms with Crippen LogP contribution in [0.3, 0.4) is 0 Å². The van der Waals surface area contributed by atoms with E-state index < -0.39 is 0 Å². The summed E-state index contributed by atoms with van der Waals surface area (Å²) in [5.74, 6) is 0.294. The van der Waals surface area contributed by atoms with Crippen molar-refractivity contribution in [2.24, 2.45) is 0 Å². The minimum absolute atomic E-state index is 0.00488. The third kappa shape index (κ3) is 1.82. The minimum Gasteiger partial charge on any atom is -0.504 e. The Labute approximate surface area is 128 Å². The lowest BCUT2D eigenvalue weighted by molar-refractivity contribution is 0.382. The molecule has 2 aliphatic rings. The lowest BCUT2D eigenvalue weighted by atomic mass is 9.75. The zero-order chi connectivity index (χ0) is 14.7. The molecule has 4 heteroatoms. The molecule has 0 saturated carbocycles. The van der Waals surface area contributed by atoms with Crippen LogP contribution in [-0.4, -0.2) is 16.3 Å². The normalized spacial score (nSPS) is 23.3. The quantitative estimate of drug-likeness (QED) is 0.654. The summed E-state index contributed by atoms with van der Waals surface area (Å²) in [7, 11) is 0. The maximum absolute atomic E-state index is 9.91. The molecule has 2 aromatic rings. The van der Waals surface area contributed by atoms with Gasteiger partial charge in [-0.15, -0.1) is 11.3 Å². The number of hydrogen-bond donors (Lipinski definition) is 3. The molecule has 0 spiro atoms. The Balaban J connectivity index is 1.93. The van der Waals surface area contributed by atoms with Gasteiger partial charge >= 0.3 is 0 Å². The number of benzene rings is 1. The molecule has 1 aromatic heterocycles. The van der Waals surface area contributed by atoms with Gasteiger partial charge in [0.2, 0.25) is 0 Å². The lowest BCUT2D eigenvalue weighted by Gasteiger charge is -2.38. The summed E-state index contributed by atoms with van der Waals surface area (Å²) in [5.41, 5.74) is 5.18.